The molecule has 4 fully saturated rings. The van der Waals surface area contributed by atoms with Crippen molar-refractivity contribution in [2.75, 3.05) is 6.54 Å². The highest BCUT2D eigenvalue weighted by Crippen LogP contribution is 2.61. The van der Waals surface area contributed by atoms with E-state index in [1.807, 2.05) is 0 Å². The van der Waals surface area contributed by atoms with Crippen LogP contribution in [0.15, 0.2) is 11.1 Å². The fourth-order valence-corrected chi connectivity index (χ4v) is 5.55. The lowest BCUT2D eigenvalue weighted by Gasteiger charge is -2.61. The van der Waals surface area contributed by atoms with Crippen LogP contribution in [-0.4, -0.2) is 23.9 Å². The molecule has 5 heteroatoms. The van der Waals surface area contributed by atoms with Gasteiger partial charge < -0.3 is 10.6 Å². The van der Waals surface area contributed by atoms with Crippen LogP contribution in [-0.2, 0) is 9.59 Å². The fraction of sp³-hybridized carbons (Fsp3) is 0.750. The summed E-state index contributed by atoms with van der Waals surface area (Å²) in [7, 11) is 0. The van der Waals surface area contributed by atoms with Gasteiger partial charge in [-0.15, -0.1) is 0 Å². The zero-order valence-electron chi connectivity index (χ0n) is 12.5. The lowest BCUT2D eigenvalue weighted by atomic mass is 9.46. The third kappa shape index (κ3) is 2.77. The smallest absolute Gasteiger partial charge is 0.226 e. The van der Waals surface area contributed by atoms with Crippen molar-refractivity contribution in [3.05, 3.63) is 11.1 Å². The molecule has 4 aliphatic rings. The minimum absolute atomic E-state index is 0.0290. The number of carbonyl (C=O) groups is 2. The van der Waals surface area contributed by atoms with Crippen LogP contribution in [0.1, 0.15) is 45.4 Å². The van der Waals surface area contributed by atoms with E-state index in [9.17, 15) is 9.59 Å². The second-order valence-corrected chi connectivity index (χ2v) is 8.52. The van der Waals surface area contributed by atoms with E-state index in [4.69, 9.17) is 0 Å². The van der Waals surface area contributed by atoms with Crippen molar-refractivity contribution >= 4 is 27.7 Å². The summed E-state index contributed by atoms with van der Waals surface area (Å²) in [5, 5.41) is 6.20. The van der Waals surface area contributed by atoms with Crippen LogP contribution < -0.4 is 10.6 Å². The van der Waals surface area contributed by atoms with Crippen LogP contribution in [0.4, 0.5) is 0 Å². The number of carbonyl (C=O) groups excluding carboxylic acids is 2. The lowest BCUT2D eigenvalue weighted by molar-refractivity contribution is -0.152. The van der Waals surface area contributed by atoms with Gasteiger partial charge in [-0.2, -0.15) is 0 Å². The first-order chi connectivity index (χ1) is 9.82. The summed E-state index contributed by atoms with van der Waals surface area (Å²) < 4.78 is 0.789. The van der Waals surface area contributed by atoms with Crippen molar-refractivity contribution in [3.63, 3.8) is 0 Å². The summed E-state index contributed by atoms with van der Waals surface area (Å²) in [5.41, 5.74) is -0.423. The molecule has 4 saturated carbocycles. The van der Waals surface area contributed by atoms with Gasteiger partial charge in [0.1, 0.15) is 0 Å². The molecule has 0 heterocycles. The first-order valence-corrected chi connectivity index (χ1v) is 8.52. The van der Waals surface area contributed by atoms with E-state index in [2.05, 4.69) is 33.1 Å². The number of halogens is 1. The first kappa shape index (κ1) is 15.1. The van der Waals surface area contributed by atoms with Gasteiger partial charge in [-0.3, -0.25) is 9.59 Å². The Balaban J connectivity index is 1.81. The van der Waals surface area contributed by atoms with Crippen molar-refractivity contribution < 1.29 is 9.59 Å². The lowest BCUT2D eigenvalue weighted by Crippen LogP contribution is -2.65. The van der Waals surface area contributed by atoms with Crippen LogP contribution >= 0.6 is 15.9 Å². The Morgan fingerprint density at radius 2 is 1.86 bits per heavy atom. The first-order valence-electron chi connectivity index (χ1n) is 7.73. The zero-order valence-corrected chi connectivity index (χ0v) is 14.1. The Morgan fingerprint density at radius 1 is 1.24 bits per heavy atom. The minimum atomic E-state index is -0.283. The van der Waals surface area contributed by atoms with E-state index >= 15 is 0 Å². The van der Waals surface area contributed by atoms with Gasteiger partial charge in [-0.1, -0.05) is 22.5 Å². The SMILES string of the molecule is C=C(Br)CNC(=O)C12CC3CC(CC(NC(C)=O)(C3)C1)C2. The molecule has 4 rings (SSSR count). The maximum atomic E-state index is 12.7. The molecule has 0 aliphatic heterocycles. The summed E-state index contributed by atoms with van der Waals surface area (Å²) in [4.78, 5) is 24.3. The van der Waals surface area contributed by atoms with Gasteiger partial charge in [0.2, 0.25) is 11.8 Å². The molecule has 2 atom stereocenters. The molecule has 0 radical (unpaired) electrons. The highest BCUT2D eigenvalue weighted by molar-refractivity contribution is 9.11. The summed E-state index contributed by atoms with van der Waals surface area (Å²) in [6, 6.07) is 0. The van der Waals surface area contributed by atoms with Crippen molar-refractivity contribution in [1.82, 2.24) is 10.6 Å². The molecule has 21 heavy (non-hydrogen) atoms. The predicted octanol–water partition coefficient (Wildman–Crippen LogP) is 2.49. The quantitative estimate of drug-likeness (QED) is 0.814. The van der Waals surface area contributed by atoms with Crippen LogP contribution in [0.2, 0.25) is 0 Å². The summed E-state index contributed by atoms with van der Waals surface area (Å²) in [5.74, 6) is 1.33. The van der Waals surface area contributed by atoms with Crippen molar-refractivity contribution in [3.8, 4) is 0 Å². The van der Waals surface area contributed by atoms with Gasteiger partial charge in [-0.25, -0.2) is 0 Å². The Bertz CT molecular complexity index is 489. The van der Waals surface area contributed by atoms with E-state index < -0.39 is 0 Å². The predicted molar refractivity (Wildman–Crippen MR) is 84.7 cm³/mol. The molecule has 4 aliphatic carbocycles. The maximum absolute atomic E-state index is 12.7. The van der Waals surface area contributed by atoms with Gasteiger partial charge in [0.15, 0.2) is 0 Å². The van der Waals surface area contributed by atoms with E-state index in [0.717, 1.165) is 36.6 Å². The maximum Gasteiger partial charge on any atom is 0.226 e. The van der Waals surface area contributed by atoms with Crippen LogP contribution in [0.25, 0.3) is 0 Å². The molecule has 2 amide bonds. The Hall–Kier alpha value is -0.840. The molecule has 2 unspecified atom stereocenters. The summed E-state index contributed by atoms with van der Waals surface area (Å²) >= 11 is 3.29. The third-order valence-corrected chi connectivity index (χ3v) is 5.71. The zero-order chi connectivity index (χ0) is 15.3. The van der Waals surface area contributed by atoms with E-state index in [-0.39, 0.29) is 22.8 Å². The van der Waals surface area contributed by atoms with E-state index in [0.29, 0.717) is 18.4 Å². The second kappa shape index (κ2) is 5.11. The number of nitrogens with one attached hydrogen (secondary N) is 2. The van der Waals surface area contributed by atoms with Gasteiger partial charge in [0.05, 0.1) is 5.41 Å². The molecule has 4 bridgehead atoms. The molecule has 4 nitrogen and oxygen atoms in total. The van der Waals surface area contributed by atoms with Gasteiger partial charge >= 0.3 is 0 Å². The van der Waals surface area contributed by atoms with Crippen LogP contribution in [0.5, 0.6) is 0 Å². The van der Waals surface area contributed by atoms with Gasteiger partial charge in [0, 0.05) is 23.5 Å². The van der Waals surface area contributed by atoms with Gasteiger partial charge in [0.25, 0.3) is 0 Å². The van der Waals surface area contributed by atoms with Crippen LogP contribution in [0, 0.1) is 17.3 Å². The number of hydrogen-bond donors (Lipinski definition) is 2. The summed E-state index contributed by atoms with van der Waals surface area (Å²) in [6.45, 7) is 5.83. The standard InChI is InChI=1S/C16H23BrN2O2/c1-10(17)8-18-14(21)15-4-12-3-13(5-15)7-16(6-12,9-15)19-11(2)20/h12-13H,1,3-9H2,2H3,(H,18,21)(H,19,20). The Morgan fingerprint density at radius 3 is 2.38 bits per heavy atom. The van der Waals surface area contributed by atoms with Crippen molar-refractivity contribution in [2.45, 2.75) is 51.0 Å². The highest BCUT2D eigenvalue weighted by Gasteiger charge is 2.60. The molecular formula is C16H23BrN2O2. The number of rotatable bonds is 4. The Labute approximate surface area is 134 Å². The second-order valence-electron chi connectivity index (χ2n) is 7.40. The fourth-order valence-electron chi connectivity index (χ4n) is 5.41. The molecular weight excluding hydrogens is 332 g/mol. The average Bonchev–Trinajstić information content (AvgIpc) is 2.32. The average molecular weight is 355 g/mol. The summed E-state index contributed by atoms with van der Waals surface area (Å²) in [6.07, 6.45) is 6.07. The molecule has 116 valence electrons. The Kier molecular flexibility index (Phi) is 3.67. The van der Waals surface area contributed by atoms with Gasteiger partial charge in [-0.05, 0) is 50.4 Å². The molecule has 0 aromatic heterocycles. The molecule has 0 spiro atoms. The number of hydrogen-bond acceptors (Lipinski definition) is 2. The molecule has 2 N–H and O–H groups in total. The topological polar surface area (TPSA) is 58.2 Å². The monoisotopic (exact) mass is 354 g/mol. The van der Waals surface area contributed by atoms with E-state index in [1.165, 1.54) is 6.42 Å². The van der Waals surface area contributed by atoms with Crippen molar-refractivity contribution in [2.24, 2.45) is 17.3 Å². The normalized spacial score (nSPS) is 39.9. The van der Waals surface area contributed by atoms with E-state index in [1.54, 1.807) is 6.92 Å². The molecule has 0 saturated heterocycles. The van der Waals surface area contributed by atoms with Crippen molar-refractivity contribution in [1.29, 1.82) is 0 Å². The molecule has 0 aromatic carbocycles. The molecule has 0 aromatic rings. The highest BCUT2D eigenvalue weighted by atomic mass is 79.9. The number of amides is 2. The minimum Gasteiger partial charge on any atom is -0.351 e. The largest absolute Gasteiger partial charge is 0.351 e. The van der Waals surface area contributed by atoms with Crippen LogP contribution in [0.3, 0.4) is 0 Å². The third-order valence-electron chi connectivity index (χ3n) is 5.42.